The Morgan fingerprint density at radius 3 is 2.77 bits per heavy atom. The molecule has 0 spiro atoms. The fourth-order valence-electron chi connectivity index (χ4n) is 3.20. The standard InChI is InChI=1S/C22H17N3O/c1-2-4-16(5-3-1)15-26-25-11-9-20-22(25)13-19(14-24-20)18-7-6-17-8-10-23-21(17)12-18/h1-14,23H,15H2. The molecule has 0 aliphatic rings. The van der Waals surface area contributed by atoms with Gasteiger partial charge >= 0.3 is 0 Å². The minimum absolute atomic E-state index is 0.517. The summed E-state index contributed by atoms with van der Waals surface area (Å²) in [6, 6.07) is 22.7. The maximum Gasteiger partial charge on any atom is 0.140 e. The SMILES string of the molecule is c1ccc(COn2ccc3ncc(-c4ccc5cc[nH]c5c4)cc32)cc1. The van der Waals surface area contributed by atoms with E-state index in [0.717, 1.165) is 33.2 Å². The van der Waals surface area contributed by atoms with Crippen LogP contribution in [0.5, 0.6) is 0 Å². The van der Waals surface area contributed by atoms with Crippen molar-refractivity contribution in [3.05, 3.63) is 90.9 Å². The number of aromatic amines is 1. The molecule has 5 rings (SSSR count). The molecule has 0 fully saturated rings. The highest BCUT2D eigenvalue weighted by molar-refractivity contribution is 5.87. The van der Waals surface area contributed by atoms with Gasteiger partial charge in [-0.3, -0.25) is 4.98 Å². The van der Waals surface area contributed by atoms with Gasteiger partial charge in [-0.15, -0.1) is 0 Å². The molecule has 4 nitrogen and oxygen atoms in total. The molecule has 0 aliphatic heterocycles. The smallest absolute Gasteiger partial charge is 0.140 e. The average Bonchev–Trinajstić information content (AvgIpc) is 3.33. The third-order valence-electron chi connectivity index (χ3n) is 4.60. The van der Waals surface area contributed by atoms with Crippen LogP contribution in [0.1, 0.15) is 5.56 Å². The monoisotopic (exact) mass is 339 g/mol. The first-order valence-corrected chi connectivity index (χ1v) is 8.59. The van der Waals surface area contributed by atoms with Crippen molar-refractivity contribution in [3.63, 3.8) is 0 Å². The van der Waals surface area contributed by atoms with Gasteiger partial charge in [0.15, 0.2) is 0 Å². The van der Waals surface area contributed by atoms with Crippen molar-refractivity contribution in [2.75, 3.05) is 0 Å². The highest BCUT2D eigenvalue weighted by Gasteiger charge is 2.07. The summed E-state index contributed by atoms with van der Waals surface area (Å²) in [6.45, 7) is 0.517. The van der Waals surface area contributed by atoms with Crippen LogP contribution in [-0.2, 0) is 6.61 Å². The number of H-pyrrole nitrogens is 1. The van der Waals surface area contributed by atoms with Crippen molar-refractivity contribution < 1.29 is 4.84 Å². The molecule has 3 aromatic heterocycles. The Hall–Kier alpha value is -3.53. The third kappa shape index (κ3) is 2.62. The Bertz CT molecular complexity index is 1190. The molecule has 0 unspecified atom stereocenters. The Morgan fingerprint density at radius 1 is 0.923 bits per heavy atom. The van der Waals surface area contributed by atoms with Gasteiger partial charge in [-0.2, -0.15) is 4.73 Å². The summed E-state index contributed by atoms with van der Waals surface area (Å²) in [5, 5.41) is 1.21. The van der Waals surface area contributed by atoms with Gasteiger partial charge in [-0.1, -0.05) is 42.5 Å². The quantitative estimate of drug-likeness (QED) is 0.510. The number of aromatic nitrogens is 3. The van der Waals surface area contributed by atoms with Crippen LogP contribution in [0.3, 0.4) is 0 Å². The fraction of sp³-hybridized carbons (Fsp3) is 0.0455. The molecule has 5 aromatic rings. The van der Waals surface area contributed by atoms with Gasteiger partial charge in [-0.05, 0) is 40.8 Å². The Balaban J connectivity index is 1.50. The van der Waals surface area contributed by atoms with E-state index in [-0.39, 0.29) is 0 Å². The van der Waals surface area contributed by atoms with Gasteiger partial charge in [-0.25, -0.2) is 0 Å². The number of benzene rings is 2. The molecule has 0 atom stereocenters. The summed E-state index contributed by atoms with van der Waals surface area (Å²) in [7, 11) is 0. The van der Waals surface area contributed by atoms with Crippen molar-refractivity contribution in [1.82, 2.24) is 14.7 Å². The van der Waals surface area contributed by atoms with E-state index >= 15 is 0 Å². The number of nitrogens with one attached hydrogen (secondary N) is 1. The van der Waals surface area contributed by atoms with Crippen LogP contribution in [0.15, 0.2) is 85.3 Å². The highest BCUT2D eigenvalue weighted by atomic mass is 16.7. The number of nitrogens with zero attached hydrogens (tertiary/aromatic N) is 2. The van der Waals surface area contributed by atoms with Crippen LogP contribution >= 0.6 is 0 Å². The largest absolute Gasteiger partial charge is 0.409 e. The molecule has 0 amide bonds. The lowest BCUT2D eigenvalue weighted by Gasteiger charge is -2.09. The van der Waals surface area contributed by atoms with E-state index in [0.29, 0.717) is 6.61 Å². The zero-order chi connectivity index (χ0) is 17.3. The van der Waals surface area contributed by atoms with Gasteiger partial charge < -0.3 is 9.82 Å². The van der Waals surface area contributed by atoms with Crippen LogP contribution in [0, 0.1) is 0 Å². The van der Waals surface area contributed by atoms with Crippen LogP contribution in [-0.4, -0.2) is 14.7 Å². The van der Waals surface area contributed by atoms with Crippen molar-refractivity contribution in [1.29, 1.82) is 0 Å². The number of hydrogen-bond donors (Lipinski definition) is 1. The van der Waals surface area contributed by atoms with Crippen LogP contribution in [0.4, 0.5) is 0 Å². The van der Waals surface area contributed by atoms with E-state index < -0.39 is 0 Å². The topological polar surface area (TPSA) is 42.8 Å². The number of fused-ring (bicyclic) bond motifs is 2. The molecule has 26 heavy (non-hydrogen) atoms. The maximum absolute atomic E-state index is 5.96. The first-order chi connectivity index (χ1) is 12.9. The van der Waals surface area contributed by atoms with Crippen molar-refractivity contribution in [3.8, 4) is 11.1 Å². The molecular weight excluding hydrogens is 322 g/mol. The molecule has 4 heteroatoms. The van der Waals surface area contributed by atoms with E-state index in [1.54, 1.807) is 4.73 Å². The predicted octanol–water partition coefficient (Wildman–Crippen LogP) is 4.81. The van der Waals surface area contributed by atoms with Crippen LogP contribution in [0.2, 0.25) is 0 Å². The molecule has 0 saturated heterocycles. The lowest BCUT2D eigenvalue weighted by molar-refractivity contribution is 0.107. The van der Waals surface area contributed by atoms with Gasteiger partial charge in [0.05, 0.1) is 5.52 Å². The van der Waals surface area contributed by atoms with E-state index in [2.05, 4.69) is 52.4 Å². The number of hydrogen-bond acceptors (Lipinski definition) is 2. The fourth-order valence-corrected chi connectivity index (χ4v) is 3.20. The molecule has 1 N–H and O–H groups in total. The predicted molar refractivity (Wildman–Crippen MR) is 104 cm³/mol. The second-order valence-electron chi connectivity index (χ2n) is 6.31. The molecule has 0 aliphatic carbocycles. The maximum atomic E-state index is 5.96. The lowest BCUT2D eigenvalue weighted by Crippen LogP contribution is -2.09. The molecule has 0 radical (unpaired) electrons. The summed E-state index contributed by atoms with van der Waals surface area (Å²) < 4.78 is 1.80. The molecule has 126 valence electrons. The Kier molecular flexibility index (Phi) is 3.46. The Labute approximate surface area is 150 Å². The van der Waals surface area contributed by atoms with Crippen LogP contribution in [0.25, 0.3) is 33.1 Å². The van der Waals surface area contributed by atoms with Gasteiger partial charge in [0.2, 0.25) is 0 Å². The second kappa shape index (κ2) is 6.08. The van der Waals surface area contributed by atoms with E-state index in [9.17, 15) is 0 Å². The molecule has 2 aromatic carbocycles. The zero-order valence-corrected chi connectivity index (χ0v) is 14.1. The minimum atomic E-state index is 0.517. The van der Waals surface area contributed by atoms with Crippen molar-refractivity contribution >= 4 is 21.9 Å². The minimum Gasteiger partial charge on any atom is -0.409 e. The lowest BCUT2D eigenvalue weighted by atomic mass is 10.1. The van der Waals surface area contributed by atoms with E-state index in [1.165, 1.54) is 5.39 Å². The first-order valence-electron chi connectivity index (χ1n) is 8.59. The summed E-state index contributed by atoms with van der Waals surface area (Å²) in [5.41, 5.74) is 6.34. The van der Waals surface area contributed by atoms with Crippen molar-refractivity contribution in [2.45, 2.75) is 6.61 Å². The average molecular weight is 339 g/mol. The summed E-state index contributed by atoms with van der Waals surface area (Å²) in [5.74, 6) is 0. The zero-order valence-electron chi connectivity index (χ0n) is 14.1. The van der Waals surface area contributed by atoms with Crippen molar-refractivity contribution in [2.24, 2.45) is 0 Å². The van der Waals surface area contributed by atoms with E-state index in [1.807, 2.05) is 42.9 Å². The first kappa shape index (κ1) is 14.8. The molecule has 0 saturated carbocycles. The van der Waals surface area contributed by atoms with Crippen LogP contribution < -0.4 is 4.84 Å². The van der Waals surface area contributed by atoms with E-state index in [4.69, 9.17) is 4.84 Å². The van der Waals surface area contributed by atoms with Gasteiger partial charge in [0, 0.05) is 29.7 Å². The number of pyridine rings is 1. The summed E-state index contributed by atoms with van der Waals surface area (Å²) in [6.07, 6.45) is 5.78. The highest BCUT2D eigenvalue weighted by Crippen LogP contribution is 2.26. The summed E-state index contributed by atoms with van der Waals surface area (Å²) >= 11 is 0. The third-order valence-corrected chi connectivity index (χ3v) is 4.60. The molecule has 3 heterocycles. The molecular formula is C22H17N3O. The molecule has 0 bridgehead atoms. The summed E-state index contributed by atoms with van der Waals surface area (Å²) in [4.78, 5) is 13.8. The van der Waals surface area contributed by atoms with Gasteiger partial charge in [0.25, 0.3) is 0 Å². The Morgan fingerprint density at radius 2 is 1.85 bits per heavy atom. The second-order valence-corrected chi connectivity index (χ2v) is 6.31. The van der Waals surface area contributed by atoms with Gasteiger partial charge in [0.1, 0.15) is 12.1 Å². The normalized spacial score (nSPS) is 11.2. The number of rotatable bonds is 4.